The maximum absolute atomic E-state index is 12.4. The van der Waals surface area contributed by atoms with Gasteiger partial charge in [-0.05, 0) is 52.7 Å². The number of ether oxygens (including phenoxy) is 1. The van der Waals surface area contributed by atoms with Crippen molar-refractivity contribution in [2.75, 3.05) is 13.1 Å². The van der Waals surface area contributed by atoms with Gasteiger partial charge in [-0.2, -0.15) is 0 Å². The highest BCUT2D eigenvalue weighted by Gasteiger charge is 2.34. The van der Waals surface area contributed by atoms with Crippen molar-refractivity contribution in [1.82, 2.24) is 10.2 Å². The minimum Gasteiger partial charge on any atom is -0.444 e. The van der Waals surface area contributed by atoms with Crippen LogP contribution in [0.1, 0.15) is 50.9 Å². The molecule has 0 radical (unpaired) electrons. The van der Waals surface area contributed by atoms with E-state index in [1.807, 2.05) is 62.9 Å². The molecule has 1 aromatic rings. The Morgan fingerprint density at radius 2 is 1.70 bits per heavy atom. The lowest BCUT2D eigenvalue weighted by Crippen LogP contribution is -2.55. The molecule has 1 saturated heterocycles. The number of nitrogens with zero attached hydrogens (tertiary/aromatic N) is 1. The van der Waals surface area contributed by atoms with Gasteiger partial charge in [0, 0.05) is 24.2 Å². The van der Waals surface area contributed by atoms with Gasteiger partial charge in [0.2, 0.25) is 0 Å². The summed E-state index contributed by atoms with van der Waals surface area (Å²) >= 11 is 0. The average Bonchev–Trinajstić information content (AvgIpc) is 2.45. The van der Waals surface area contributed by atoms with Crippen LogP contribution in [0.4, 0.5) is 4.79 Å². The van der Waals surface area contributed by atoms with Crippen LogP contribution in [0.5, 0.6) is 0 Å². The summed E-state index contributed by atoms with van der Waals surface area (Å²) in [6, 6.07) is 9.29. The van der Waals surface area contributed by atoms with Crippen LogP contribution < -0.4 is 5.32 Å². The number of piperidine rings is 1. The van der Waals surface area contributed by atoms with Crippen LogP contribution in [-0.4, -0.2) is 41.1 Å². The lowest BCUT2D eigenvalue weighted by molar-refractivity contribution is 0.0397. The van der Waals surface area contributed by atoms with E-state index in [1.54, 1.807) is 0 Å². The van der Waals surface area contributed by atoms with Crippen LogP contribution in [0.25, 0.3) is 0 Å². The number of amides is 2. The fourth-order valence-electron chi connectivity index (χ4n) is 2.64. The van der Waals surface area contributed by atoms with Gasteiger partial charge in [0.15, 0.2) is 0 Å². The molecule has 0 unspecified atom stereocenters. The van der Waals surface area contributed by atoms with E-state index in [-0.39, 0.29) is 11.4 Å². The number of alkyl carbamates (subject to hydrolysis) is 1. The van der Waals surface area contributed by atoms with Gasteiger partial charge in [0.1, 0.15) is 5.60 Å². The molecule has 23 heavy (non-hydrogen) atoms. The molecule has 5 heteroatoms. The lowest BCUT2D eigenvalue weighted by atomic mass is 9.89. The zero-order valence-corrected chi connectivity index (χ0v) is 14.4. The molecule has 0 spiro atoms. The standard InChI is InChI=1S/C18H26N2O3/c1-17(2,3)23-16(22)19-18(4)10-12-20(13-11-18)15(21)14-8-6-5-7-9-14/h5-9H,10-13H2,1-4H3,(H,19,22). The van der Waals surface area contributed by atoms with E-state index < -0.39 is 11.7 Å². The summed E-state index contributed by atoms with van der Waals surface area (Å²) in [6.07, 6.45) is 1.03. The SMILES string of the molecule is CC1(NC(=O)OC(C)(C)C)CCN(C(=O)c2ccccc2)CC1. The van der Waals surface area contributed by atoms with Gasteiger partial charge >= 0.3 is 6.09 Å². The fourth-order valence-corrected chi connectivity index (χ4v) is 2.64. The highest BCUT2D eigenvalue weighted by atomic mass is 16.6. The summed E-state index contributed by atoms with van der Waals surface area (Å²) in [5, 5.41) is 2.95. The molecule has 0 saturated carbocycles. The first-order valence-electron chi connectivity index (χ1n) is 8.04. The van der Waals surface area contributed by atoms with Crippen molar-refractivity contribution < 1.29 is 14.3 Å². The Morgan fingerprint density at radius 3 is 2.22 bits per heavy atom. The maximum atomic E-state index is 12.4. The average molecular weight is 318 g/mol. The number of benzene rings is 1. The van der Waals surface area contributed by atoms with Gasteiger partial charge in [-0.25, -0.2) is 4.79 Å². The van der Waals surface area contributed by atoms with Crippen molar-refractivity contribution >= 4 is 12.0 Å². The Morgan fingerprint density at radius 1 is 1.13 bits per heavy atom. The molecule has 1 aliphatic heterocycles. The van der Waals surface area contributed by atoms with Crippen molar-refractivity contribution in [2.24, 2.45) is 0 Å². The second kappa shape index (κ2) is 6.60. The quantitative estimate of drug-likeness (QED) is 0.911. The monoisotopic (exact) mass is 318 g/mol. The van der Waals surface area contributed by atoms with Crippen LogP contribution in [-0.2, 0) is 4.74 Å². The zero-order valence-electron chi connectivity index (χ0n) is 14.4. The normalized spacial score (nSPS) is 17.5. The van der Waals surface area contributed by atoms with Gasteiger partial charge < -0.3 is 15.0 Å². The number of likely N-dealkylation sites (tertiary alicyclic amines) is 1. The van der Waals surface area contributed by atoms with Crippen molar-refractivity contribution in [3.05, 3.63) is 35.9 Å². The molecule has 5 nitrogen and oxygen atoms in total. The predicted molar refractivity (Wildman–Crippen MR) is 89.4 cm³/mol. The van der Waals surface area contributed by atoms with Crippen LogP contribution in [0.2, 0.25) is 0 Å². The summed E-state index contributed by atoms with van der Waals surface area (Å²) < 4.78 is 5.32. The Balaban J connectivity index is 1.90. The number of hydrogen-bond donors (Lipinski definition) is 1. The minimum atomic E-state index is -0.510. The van der Waals surface area contributed by atoms with Crippen LogP contribution in [0, 0.1) is 0 Å². The summed E-state index contributed by atoms with van der Waals surface area (Å²) in [6.45, 7) is 8.78. The highest BCUT2D eigenvalue weighted by Crippen LogP contribution is 2.23. The van der Waals surface area contributed by atoms with E-state index in [0.717, 1.165) is 0 Å². The zero-order chi connectivity index (χ0) is 17.1. The van der Waals surface area contributed by atoms with Crippen molar-refractivity contribution in [1.29, 1.82) is 0 Å². The molecule has 1 aliphatic rings. The molecule has 1 aromatic carbocycles. The second-order valence-corrected chi connectivity index (χ2v) is 7.35. The Kier molecular flexibility index (Phi) is 4.97. The van der Waals surface area contributed by atoms with Gasteiger partial charge in [0.05, 0.1) is 0 Å². The fraction of sp³-hybridized carbons (Fsp3) is 0.556. The van der Waals surface area contributed by atoms with Crippen LogP contribution in [0.3, 0.4) is 0 Å². The molecule has 2 rings (SSSR count). The first kappa shape index (κ1) is 17.3. The van der Waals surface area contributed by atoms with Gasteiger partial charge in [-0.15, -0.1) is 0 Å². The summed E-state index contributed by atoms with van der Waals surface area (Å²) in [5.74, 6) is 0.0462. The third-order valence-corrected chi connectivity index (χ3v) is 3.98. The molecule has 1 heterocycles. The molecule has 0 aliphatic carbocycles. The highest BCUT2D eigenvalue weighted by molar-refractivity contribution is 5.94. The molecular formula is C18H26N2O3. The van der Waals surface area contributed by atoms with Crippen LogP contribution >= 0.6 is 0 Å². The van der Waals surface area contributed by atoms with Crippen molar-refractivity contribution in [3.63, 3.8) is 0 Å². The Bertz CT molecular complexity index is 555. The number of hydrogen-bond acceptors (Lipinski definition) is 3. The smallest absolute Gasteiger partial charge is 0.408 e. The maximum Gasteiger partial charge on any atom is 0.408 e. The Hall–Kier alpha value is -2.04. The van der Waals surface area contributed by atoms with Crippen molar-refractivity contribution in [3.8, 4) is 0 Å². The van der Waals surface area contributed by atoms with E-state index in [4.69, 9.17) is 4.74 Å². The Labute approximate surface area is 138 Å². The van der Waals surface area contributed by atoms with Gasteiger partial charge in [0.25, 0.3) is 5.91 Å². The van der Waals surface area contributed by atoms with E-state index >= 15 is 0 Å². The first-order valence-corrected chi connectivity index (χ1v) is 8.04. The van der Waals surface area contributed by atoms with Crippen LogP contribution in [0.15, 0.2) is 30.3 Å². The molecular weight excluding hydrogens is 292 g/mol. The topological polar surface area (TPSA) is 58.6 Å². The first-order chi connectivity index (χ1) is 10.7. The molecule has 0 atom stereocenters. The summed E-state index contributed by atoms with van der Waals surface area (Å²) in [7, 11) is 0. The number of carbonyl (C=O) groups excluding carboxylic acids is 2. The molecule has 0 aromatic heterocycles. The summed E-state index contributed by atoms with van der Waals surface area (Å²) in [4.78, 5) is 26.2. The van der Waals surface area contributed by atoms with E-state index in [9.17, 15) is 9.59 Å². The predicted octanol–water partition coefficient (Wildman–Crippen LogP) is 3.21. The molecule has 1 fully saturated rings. The molecule has 0 bridgehead atoms. The largest absolute Gasteiger partial charge is 0.444 e. The van der Waals surface area contributed by atoms with Crippen molar-refractivity contribution in [2.45, 2.75) is 51.7 Å². The lowest BCUT2D eigenvalue weighted by Gasteiger charge is -2.40. The van der Waals surface area contributed by atoms with E-state index in [1.165, 1.54) is 0 Å². The van der Waals surface area contributed by atoms with Gasteiger partial charge in [-0.3, -0.25) is 4.79 Å². The minimum absolute atomic E-state index is 0.0462. The number of carbonyl (C=O) groups is 2. The van der Waals surface area contributed by atoms with Gasteiger partial charge in [-0.1, -0.05) is 18.2 Å². The molecule has 1 N–H and O–H groups in total. The number of rotatable bonds is 2. The molecule has 126 valence electrons. The third kappa shape index (κ3) is 4.98. The number of nitrogens with one attached hydrogen (secondary N) is 1. The molecule has 2 amide bonds. The second-order valence-electron chi connectivity index (χ2n) is 7.35. The van der Waals surface area contributed by atoms with E-state index in [0.29, 0.717) is 31.5 Å². The van der Waals surface area contributed by atoms with E-state index in [2.05, 4.69) is 5.32 Å². The summed E-state index contributed by atoms with van der Waals surface area (Å²) in [5.41, 5.74) is -0.142. The third-order valence-electron chi connectivity index (χ3n) is 3.98.